The standard InChI is InChI=1S/C12H10F3N3O2/c1-19-8-4-2-7(3-5-8)10-9(20-12(13,14)15)6-17-11(16)18-10/h2-6H,1H3,(H2,16,17,18). The zero-order chi connectivity index (χ0) is 14.8. The van der Waals surface area contributed by atoms with Crippen LogP contribution in [0.4, 0.5) is 19.1 Å². The van der Waals surface area contributed by atoms with E-state index in [2.05, 4.69) is 14.7 Å². The molecule has 5 nitrogen and oxygen atoms in total. The maximum absolute atomic E-state index is 12.3. The van der Waals surface area contributed by atoms with Crippen molar-refractivity contribution in [3.63, 3.8) is 0 Å². The molecule has 1 aromatic heterocycles. The number of methoxy groups -OCH3 is 1. The summed E-state index contributed by atoms with van der Waals surface area (Å²) in [6.07, 6.45) is -3.95. The van der Waals surface area contributed by atoms with E-state index in [4.69, 9.17) is 10.5 Å². The molecule has 2 N–H and O–H groups in total. The molecule has 0 aliphatic heterocycles. The van der Waals surface area contributed by atoms with Crippen molar-refractivity contribution in [2.24, 2.45) is 0 Å². The maximum atomic E-state index is 12.3. The van der Waals surface area contributed by atoms with Gasteiger partial charge in [0.1, 0.15) is 11.4 Å². The molecule has 0 atom stereocenters. The third kappa shape index (κ3) is 3.28. The Labute approximate surface area is 112 Å². The second-order valence-electron chi connectivity index (χ2n) is 3.72. The minimum absolute atomic E-state index is 0.0440. The highest BCUT2D eigenvalue weighted by Crippen LogP contribution is 2.32. The van der Waals surface area contributed by atoms with Crippen LogP contribution >= 0.6 is 0 Å². The molecule has 2 aromatic rings. The van der Waals surface area contributed by atoms with Crippen molar-refractivity contribution in [1.82, 2.24) is 9.97 Å². The lowest BCUT2D eigenvalue weighted by atomic mass is 10.1. The lowest BCUT2D eigenvalue weighted by Crippen LogP contribution is -2.18. The molecule has 0 spiro atoms. The van der Waals surface area contributed by atoms with Gasteiger partial charge in [-0.25, -0.2) is 9.97 Å². The normalized spacial score (nSPS) is 11.2. The lowest BCUT2D eigenvalue weighted by Gasteiger charge is -2.12. The molecule has 0 fully saturated rings. The highest BCUT2D eigenvalue weighted by molar-refractivity contribution is 5.67. The number of anilines is 1. The molecule has 0 saturated heterocycles. The summed E-state index contributed by atoms with van der Waals surface area (Å²) in [6, 6.07) is 6.27. The Hall–Kier alpha value is -2.51. The van der Waals surface area contributed by atoms with Gasteiger partial charge in [0.25, 0.3) is 0 Å². The zero-order valence-electron chi connectivity index (χ0n) is 10.3. The van der Waals surface area contributed by atoms with Crippen LogP contribution in [0.5, 0.6) is 11.5 Å². The van der Waals surface area contributed by atoms with E-state index >= 15 is 0 Å². The van der Waals surface area contributed by atoms with E-state index in [1.807, 2.05) is 0 Å². The Kier molecular flexibility index (Phi) is 3.64. The Balaban J connectivity index is 2.45. The smallest absolute Gasteiger partial charge is 0.497 e. The van der Waals surface area contributed by atoms with Crippen molar-refractivity contribution in [2.75, 3.05) is 12.8 Å². The van der Waals surface area contributed by atoms with E-state index in [1.165, 1.54) is 7.11 Å². The molecule has 0 amide bonds. The van der Waals surface area contributed by atoms with Crippen LogP contribution in [-0.2, 0) is 0 Å². The number of ether oxygens (including phenoxy) is 2. The fraction of sp³-hybridized carbons (Fsp3) is 0.167. The van der Waals surface area contributed by atoms with E-state index < -0.39 is 12.1 Å². The Morgan fingerprint density at radius 3 is 2.35 bits per heavy atom. The summed E-state index contributed by atoms with van der Waals surface area (Å²) >= 11 is 0. The minimum atomic E-state index is -4.83. The maximum Gasteiger partial charge on any atom is 0.573 e. The third-order valence-electron chi connectivity index (χ3n) is 2.36. The number of benzene rings is 1. The Morgan fingerprint density at radius 2 is 1.80 bits per heavy atom. The van der Waals surface area contributed by atoms with Gasteiger partial charge in [-0.2, -0.15) is 0 Å². The summed E-state index contributed by atoms with van der Waals surface area (Å²) < 4.78 is 45.8. The van der Waals surface area contributed by atoms with Crippen LogP contribution in [0, 0.1) is 0 Å². The number of alkyl halides is 3. The number of aromatic nitrogens is 2. The average molecular weight is 285 g/mol. The number of nitrogen functional groups attached to an aromatic ring is 1. The SMILES string of the molecule is COc1ccc(-c2nc(N)ncc2OC(F)(F)F)cc1. The van der Waals surface area contributed by atoms with E-state index in [0.29, 0.717) is 11.3 Å². The summed E-state index contributed by atoms with van der Waals surface area (Å²) in [7, 11) is 1.48. The predicted octanol–water partition coefficient (Wildman–Crippen LogP) is 2.63. The second kappa shape index (κ2) is 5.24. The number of rotatable bonds is 3. The van der Waals surface area contributed by atoms with Gasteiger partial charge in [-0.3, -0.25) is 0 Å². The highest BCUT2D eigenvalue weighted by atomic mass is 19.4. The quantitative estimate of drug-likeness (QED) is 0.938. The van der Waals surface area contributed by atoms with Crippen molar-refractivity contribution >= 4 is 5.95 Å². The Morgan fingerprint density at radius 1 is 1.15 bits per heavy atom. The molecule has 0 aliphatic carbocycles. The van der Waals surface area contributed by atoms with Gasteiger partial charge in [0.15, 0.2) is 5.75 Å². The first-order valence-electron chi connectivity index (χ1n) is 5.42. The fourth-order valence-electron chi connectivity index (χ4n) is 1.54. The Bertz CT molecular complexity index is 600. The van der Waals surface area contributed by atoms with Crippen molar-refractivity contribution in [3.8, 4) is 22.8 Å². The summed E-state index contributed by atoms with van der Waals surface area (Å²) in [5.41, 5.74) is 5.76. The molecule has 0 radical (unpaired) electrons. The molecule has 106 valence electrons. The molecular weight excluding hydrogens is 275 g/mol. The monoisotopic (exact) mass is 285 g/mol. The zero-order valence-corrected chi connectivity index (χ0v) is 10.3. The van der Waals surface area contributed by atoms with Crippen LogP contribution in [-0.4, -0.2) is 23.4 Å². The van der Waals surface area contributed by atoms with Gasteiger partial charge in [-0.15, -0.1) is 13.2 Å². The molecular formula is C12H10F3N3O2. The van der Waals surface area contributed by atoms with Gasteiger partial charge in [-0.1, -0.05) is 0 Å². The van der Waals surface area contributed by atoms with E-state index in [1.54, 1.807) is 24.3 Å². The molecule has 0 bridgehead atoms. The molecule has 1 heterocycles. The van der Waals surface area contributed by atoms with Gasteiger partial charge in [-0.05, 0) is 24.3 Å². The van der Waals surface area contributed by atoms with Crippen molar-refractivity contribution in [2.45, 2.75) is 6.36 Å². The van der Waals surface area contributed by atoms with Gasteiger partial charge in [0.2, 0.25) is 5.95 Å². The van der Waals surface area contributed by atoms with Crippen molar-refractivity contribution in [3.05, 3.63) is 30.5 Å². The number of hydrogen-bond donors (Lipinski definition) is 1. The summed E-state index contributed by atoms with van der Waals surface area (Å²) in [4.78, 5) is 7.28. The predicted molar refractivity (Wildman–Crippen MR) is 65.1 cm³/mol. The molecule has 8 heteroatoms. The lowest BCUT2D eigenvalue weighted by molar-refractivity contribution is -0.274. The number of hydrogen-bond acceptors (Lipinski definition) is 5. The van der Waals surface area contributed by atoms with Gasteiger partial charge < -0.3 is 15.2 Å². The van der Waals surface area contributed by atoms with Gasteiger partial charge >= 0.3 is 6.36 Å². The van der Waals surface area contributed by atoms with Crippen LogP contribution in [0.15, 0.2) is 30.5 Å². The molecule has 0 aliphatic rings. The van der Waals surface area contributed by atoms with Crippen LogP contribution in [0.1, 0.15) is 0 Å². The van der Waals surface area contributed by atoms with Crippen LogP contribution in [0.25, 0.3) is 11.3 Å². The van der Waals surface area contributed by atoms with Crippen molar-refractivity contribution < 1.29 is 22.6 Å². The minimum Gasteiger partial charge on any atom is -0.497 e. The second-order valence-corrected chi connectivity index (χ2v) is 3.72. The molecule has 0 saturated carbocycles. The summed E-state index contributed by atoms with van der Waals surface area (Å²) in [6.45, 7) is 0. The topological polar surface area (TPSA) is 70.3 Å². The number of nitrogens with two attached hydrogens (primary N) is 1. The third-order valence-corrected chi connectivity index (χ3v) is 2.36. The van der Waals surface area contributed by atoms with Gasteiger partial charge in [0, 0.05) is 5.56 Å². The van der Waals surface area contributed by atoms with Crippen LogP contribution in [0.2, 0.25) is 0 Å². The van der Waals surface area contributed by atoms with Gasteiger partial charge in [0.05, 0.1) is 13.3 Å². The first-order chi connectivity index (χ1) is 9.39. The average Bonchev–Trinajstić information content (AvgIpc) is 2.39. The van der Waals surface area contributed by atoms with Crippen molar-refractivity contribution in [1.29, 1.82) is 0 Å². The number of halogens is 3. The largest absolute Gasteiger partial charge is 0.573 e. The highest BCUT2D eigenvalue weighted by Gasteiger charge is 2.33. The number of nitrogens with zero attached hydrogens (tertiary/aromatic N) is 2. The molecule has 1 aromatic carbocycles. The van der Waals surface area contributed by atoms with E-state index in [0.717, 1.165) is 6.20 Å². The molecule has 20 heavy (non-hydrogen) atoms. The van der Waals surface area contributed by atoms with Crippen LogP contribution in [0.3, 0.4) is 0 Å². The van der Waals surface area contributed by atoms with E-state index in [9.17, 15) is 13.2 Å². The first-order valence-corrected chi connectivity index (χ1v) is 5.42. The molecule has 2 rings (SSSR count). The first kappa shape index (κ1) is 13.9. The van der Waals surface area contributed by atoms with Crippen LogP contribution < -0.4 is 15.2 Å². The summed E-state index contributed by atoms with van der Waals surface area (Å²) in [5.74, 6) is -0.101. The summed E-state index contributed by atoms with van der Waals surface area (Å²) in [5, 5.41) is 0. The van der Waals surface area contributed by atoms with E-state index in [-0.39, 0.29) is 11.6 Å². The fourth-order valence-corrected chi connectivity index (χ4v) is 1.54. The molecule has 0 unspecified atom stereocenters.